The fourth-order valence-electron chi connectivity index (χ4n) is 6.90. The molecule has 2 aliphatic heterocycles. The van der Waals surface area contributed by atoms with Crippen LogP contribution in [0.4, 0.5) is 0 Å². The molecule has 1 amide bonds. The zero-order valence-electron chi connectivity index (χ0n) is 21.7. The molecule has 2 bridgehead atoms. The molecule has 0 spiro atoms. The van der Waals surface area contributed by atoms with Crippen LogP contribution in [-0.2, 0) is 11.2 Å². The van der Waals surface area contributed by atoms with Crippen molar-refractivity contribution >= 4 is 40.3 Å². The Hall–Kier alpha value is -2.09. The van der Waals surface area contributed by atoms with Gasteiger partial charge >= 0.3 is 0 Å². The van der Waals surface area contributed by atoms with Crippen LogP contribution in [0.3, 0.4) is 0 Å². The van der Waals surface area contributed by atoms with Crippen molar-refractivity contribution in [3.8, 4) is 17.0 Å². The van der Waals surface area contributed by atoms with Gasteiger partial charge in [0.2, 0.25) is 0 Å². The summed E-state index contributed by atoms with van der Waals surface area (Å²) < 4.78 is 6.20. The zero-order chi connectivity index (χ0) is 25.4. The molecule has 2 saturated heterocycles. The number of hydrogen-bond acceptors (Lipinski definition) is 5. The van der Waals surface area contributed by atoms with Crippen molar-refractivity contribution in [3.05, 3.63) is 46.5 Å². The van der Waals surface area contributed by atoms with E-state index in [2.05, 4.69) is 34.2 Å². The number of hydrogen-bond donors (Lipinski definition) is 1. The van der Waals surface area contributed by atoms with Gasteiger partial charge in [-0.05, 0) is 106 Å². The highest BCUT2D eigenvalue weighted by Gasteiger charge is 2.48. The lowest BCUT2D eigenvalue weighted by Gasteiger charge is -2.30. The molecule has 1 aromatic heterocycles. The van der Waals surface area contributed by atoms with Crippen LogP contribution in [0.2, 0.25) is 0 Å². The number of aromatic amines is 1. The molecule has 2 saturated carbocycles. The summed E-state index contributed by atoms with van der Waals surface area (Å²) in [7, 11) is 1.70. The summed E-state index contributed by atoms with van der Waals surface area (Å²) in [6.07, 6.45) is 13.1. The van der Waals surface area contributed by atoms with E-state index < -0.39 is 0 Å². The van der Waals surface area contributed by atoms with Crippen LogP contribution >= 0.6 is 24.0 Å². The van der Waals surface area contributed by atoms with E-state index in [4.69, 9.17) is 17.0 Å². The minimum Gasteiger partial charge on any atom is -0.497 e. The summed E-state index contributed by atoms with van der Waals surface area (Å²) in [5, 5.41) is 0. The maximum absolute atomic E-state index is 13.6. The number of likely N-dealkylation sites (tertiary alicyclic amines) is 1. The zero-order valence-corrected chi connectivity index (χ0v) is 23.3. The van der Waals surface area contributed by atoms with E-state index in [1.54, 1.807) is 7.11 Å². The highest BCUT2D eigenvalue weighted by atomic mass is 32.2. The summed E-state index contributed by atoms with van der Waals surface area (Å²) >= 11 is 7.22. The molecule has 196 valence electrons. The number of thioether (sulfide) groups is 1. The average Bonchev–Trinajstić information content (AvgIpc) is 3.70. The van der Waals surface area contributed by atoms with Crippen molar-refractivity contribution in [2.45, 2.75) is 63.8 Å². The van der Waals surface area contributed by atoms with E-state index in [0.717, 1.165) is 63.7 Å². The van der Waals surface area contributed by atoms with Crippen LogP contribution in [0.15, 0.2) is 35.2 Å². The van der Waals surface area contributed by atoms with E-state index in [1.807, 2.05) is 17.0 Å². The first-order valence-corrected chi connectivity index (χ1v) is 15.2. The predicted octanol–water partition coefficient (Wildman–Crippen LogP) is 6.50. The number of carbonyl (C=O) groups excluding carboxylic acids is 1. The number of ether oxygens (including phenoxy) is 1. The molecule has 37 heavy (non-hydrogen) atoms. The number of methoxy groups -OCH3 is 1. The fourth-order valence-corrected chi connectivity index (χ4v) is 8.25. The van der Waals surface area contributed by atoms with Crippen molar-refractivity contribution in [1.29, 1.82) is 0 Å². The number of H-pyrrole nitrogens is 1. The molecule has 7 heteroatoms. The Morgan fingerprint density at radius 1 is 1.16 bits per heavy atom. The second kappa shape index (κ2) is 11.0. The van der Waals surface area contributed by atoms with Crippen molar-refractivity contribution in [2.75, 3.05) is 26.7 Å². The smallest absolute Gasteiger partial charge is 0.266 e. The third-order valence-electron chi connectivity index (χ3n) is 8.82. The highest BCUT2D eigenvalue weighted by Crippen LogP contribution is 2.49. The molecule has 1 aromatic carbocycles. The summed E-state index contributed by atoms with van der Waals surface area (Å²) in [6, 6.07) is 10.7. The van der Waals surface area contributed by atoms with Crippen LogP contribution in [0, 0.1) is 11.8 Å². The van der Waals surface area contributed by atoms with Crippen molar-refractivity contribution < 1.29 is 9.53 Å². The van der Waals surface area contributed by atoms with E-state index in [9.17, 15) is 4.79 Å². The summed E-state index contributed by atoms with van der Waals surface area (Å²) in [5.41, 5.74) is 4.44. The topological polar surface area (TPSA) is 48.6 Å². The largest absolute Gasteiger partial charge is 0.497 e. The third kappa shape index (κ3) is 5.27. The van der Waals surface area contributed by atoms with Gasteiger partial charge in [-0.25, -0.2) is 0 Å². The fraction of sp³-hybridized carbons (Fsp3) is 0.533. The van der Waals surface area contributed by atoms with E-state index >= 15 is 0 Å². The van der Waals surface area contributed by atoms with Crippen LogP contribution < -0.4 is 4.74 Å². The molecule has 2 aliphatic carbocycles. The Bertz CT molecular complexity index is 1200. The Labute approximate surface area is 230 Å². The number of carbonyl (C=O) groups is 1. The lowest BCUT2D eigenvalue weighted by Crippen LogP contribution is -2.41. The number of thiocarbonyl (C=S) groups is 1. The average molecular weight is 536 g/mol. The first-order valence-electron chi connectivity index (χ1n) is 13.9. The van der Waals surface area contributed by atoms with Gasteiger partial charge in [-0.1, -0.05) is 49.0 Å². The quantitative estimate of drug-likeness (QED) is 0.309. The van der Waals surface area contributed by atoms with Gasteiger partial charge in [-0.15, -0.1) is 0 Å². The number of aromatic nitrogens is 1. The van der Waals surface area contributed by atoms with Gasteiger partial charge in [-0.3, -0.25) is 9.69 Å². The molecule has 0 radical (unpaired) electrons. The maximum atomic E-state index is 13.6. The third-order valence-corrected chi connectivity index (χ3v) is 10.1. The Morgan fingerprint density at radius 2 is 2.03 bits per heavy atom. The SMILES string of the molecule is COc1cccc(-c2cc(CCCN3CCCCC3)c(/C=C3\SC(=S)N(C4CC5CCC4C5)C3=O)[nH]2)c1. The lowest BCUT2D eigenvalue weighted by atomic mass is 9.94. The highest BCUT2D eigenvalue weighted by molar-refractivity contribution is 8.26. The molecule has 5 nitrogen and oxygen atoms in total. The Balaban J connectivity index is 1.25. The van der Waals surface area contributed by atoms with Gasteiger partial charge in [0, 0.05) is 23.0 Å². The second-order valence-electron chi connectivity index (χ2n) is 11.2. The lowest BCUT2D eigenvalue weighted by molar-refractivity contribution is -0.124. The number of aryl methyl sites for hydroxylation is 1. The van der Waals surface area contributed by atoms with Gasteiger partial charge < -0.3 is 14.6 Å². The molecule has 2 aromatic rings. The van der Waals surface area contributed by atoms with Crippen LogP contribution in [0.1, 0.15) is 62.6 Å². The molecule has 1 N–H and O–H groups in total. The number of piperidine rings is 1. The van der Waals surface area contributed by atoms with Gasteiger partial charge in [-0.2, -0.15) is 0 Å². The Kier molecular flexibility index (Phi) is 7.46. The summed E-state index contributed by atoms with van der Waals surface area (Å²) in [6.45, 7) is 3.58. The number of nitrogens with zero attached hydrogens (tertiary/aromatic N) is 2. The minimum absolute atomic E-state index is 0.101. The van der Waals surface area contributed by atoms with Crippen LogP contribution in [-0.4, -0.2) is 57.8 Å². The molecular weight excluding hydrogens is 498 g/mol. The summed E-state index contributed by atoms with van der Waals surface area (Å²) in [4.78, 5) is 22.5. The Morgan fingerprint density at radius 3 is 2.78 bits per heavy atom. The standard InChI is InChI=1S/C30H37N3O2S2/c1-35-24-9-5-7-21(17-24)25-18-22(8-6-14-32-12-3-2-4-13-32)26(31-25)19-28-29(34)33(30(36)37-28)27-16-20-10-11-23(27)15-20/h5,7,9,17-20,23,27,31H,2-4,6,8,10-16H2,1H3/b28-19-. The minimum atomic E-state index is 0.101. The van der Waals surface area contributed by atoms with Crippen LogP contribution in [0.5, 0.6) is 5.75 Å². The molecular formula is C30H37N3O2S2. The number of amides is 1. The number of rotatable bonds is 8. The molecule has 3 atom stereocenters. The number of nitrogens with one attached hydrogen (secondary N) is 1. The van der Waals surface area contributed by atoms with Gasteiger partial charge in [0.25, 0.3) is 5.91 Å². The van der Waals surface area contributed by atoms with Gasteiger partial charge in [0.1, 0.15) is 10.1 Å². The number of benzene rings is 1. The van der Waals surface area contributed by atoms with Gasteiger partial charge in [0.15, 0.2) is 0 Å². The van der Waals surface area contributed by atoms with E-state index in [0.29, 0.717) is 12.0 Å². The molecule has 3 heterocycles. The normalized spacial score (nSPS) is 27.1. The summed E-state index contributed by atoms with van der Waals surface area (Å²) in [5.74, 6) is 2.35. The van der Waals surface area contributed by atoms with Gasteiger partial charge in [0.05, 0.1) is 12.0 Å². The van der Waals surface area contributed by atoms with Crippen molar-refractivity contribution in [1.82, 2.24) is 14.8 Å². The van der Waals surface area contributed by atoms with Crippen molar-refractivity contribution in [2.24, 2.45) is 11.8 Å². The first kappa shape index (κ1) is 25.2. The van der Waals surface area contributed by atoms with Crippen molar-refractivity contribution in [3.63, 3.8) is 0 Å². The molecule has 6 rings (SSSR count). The molecule has 3 unspecified atom stereocenters. The van der Waals surface area contributed by atoms with E-state index in [1.165, 1.54) is 68.9 Å². The molecule has 4 fully saturated rings. The molecule has 4 aliphatic rings. The second-order valence-corrected chi connectivity index (χ2v) is 12.8. The predicted molar refractivity (Wildman–Crippen MR) is 156 cm³/mol. The maximum Gasteiger partial charge on any atom is 0.266 e. The number of fused-ring (bicyclic) bond motifs is 2. The monoisotopic (exact) mass is 535 g/mol. The first-order chi connectivity index (χ1) is 18.1. The van der Waals surface area contributed by atoms with E-state index in [-0.39, 0.29) is 5.91 Å². The van der Waals surface area contributed by atoms with Crippen LogP contribution in [0.25, 0.3) is 17.3 Å².